The average molecular weight is 212 g/mol. The fraction of sp³-hybridized carbons (Fsp3) is 0.909. The maximum absolute atomic E-state index is 11.7. The molecule has 1 rings (SSSR count). The Morgan fingerprint density at radius 2 is 1.93 bits per heavy atom. The lowest BCUT2D eigenvalue weighted by molar-refractivity contribution is -0.130. The Morgan fingerprint density at radius 3 is 2.47 bits per heavy atom. The highest BCUT2D eigenvalue weighted by Crippen LogP contribution is 2.02. The van der Waals surface area contributed by atoms with Gasteiger partial charge in [0.15, 0.2) is 0 Å². The summed E-state index contributed by atoms with van der Waals surface area (Å²) in [4.78, 5) is 13.5. The van der Waals surface area contributed by atoms with Crippen LogP contribution in [0.15, 0.2) is 0 Å². The van der Waals surface area contributed by atoms with Gasteiger partial charge < -0.3 is 10.2 Å². The summed E-state index contributed by atoms with van der Waals surface area (Å²) in [5.41, 5.74) is 0. The predicted molar refractivity (Wildman–Crippen MR) is 60.8 cm³/mol. The molecule has 0 saturated carbocycles. The maximum Gasteiger partial charge on any atom is 0.236 e. The van der Waals surface area contributed by atoms with Crippen molar-refractivity contribution < 1.29 is 4.79 Å². The van der Waals surface area contributed by atoms with Crippen LogP contribution >= 0.6 is 0 Å². The molecule has 0 aliphatic carbocycles. The molecule has 15 heavy (non-hydrogen) atoms. The van der Waals surface area contributed by atoms with Crippen LogP contribution in [0, 0.1) is 0 Å². The number of carbonyl (C=O) groups excluding carboxylic acids is 1. The third-order valence-electron chi connectivity index (χ3n) is 2.93. The first-order valence-corrected chi connectivity index (χ1v) is 5.92. The van der Waals surface area contributed by atoms with E-state index in [9.17, 15) is 4.79 Å². The van der Waals surface area contributed by atoms with E-state index < -0.39 is 0 Å². The van der Waals surface area contributed by atoms with Gasteiger partial charge in [-0.25, -0.2) is 5.32 Å². The number of rotatable bonds is 5. The molecule has 1 amide bonds. The van der Waals surface area contributed by atoms with Crippen LogP contribution in [0.25, 0.3) is 0 Å². The lowest BCUT2D eigenvalue weighted by atomic mass is 10.1. The van der Waals surface area contributed by atoms with Gasteiger partial charge in [0.1, 0.15) is 0 Å². The van der Waals surface area contributed by atoms with Crippen LogP contribution in [0.4, 0.5) is 0 Å². The fourth-order valence-corrected chi connectivity index (χ4v) is 1.87. The molecule has 0 unspecified atom stereocenters. The van der Waals surface area contributed by atoms with Gasteiger partial charge in [-0.05, 0) is 26.7 Å². The maximum atomic E-state index is 11.7. The second-order valence-electron chi connectivity index (χ2n) is 3.89. The molecule has 0 spiro atoms. The molecule has 4 heteroatoms. The first-order chi connectivity index (χ1) is 7.27. The largest absolute Gasteiger partial charge is 0.342 e. The van der Waals surface area contributed by atoms with E-state index in [1.807, 2.05) is 18.7 Å². The van der Waals surface area contributed by atoms with E-state index in [1.165, 1.54) is 0 Å². The van der Waals surface area contributed by atoms with E-state index >= 15 is 0 Å². The fourth-order valence-electron chi connectivity index (χ4n) is 1.87. The van der Waals surface area contributed by atoms with Gasteiger partial charge in [-0.2, -0.15) is 0 Å². The van der Waals surface area contributed by atoms with Crippen molar-refractivity contribution in [1.29, 1.82) is 0 Å². The lowest BCUT2D eigenvalue weighted by Crippen LogP contribution is -2.44. The number of nitrogens with one attached hydrogen (secondary N) is 1. The minimum Gasteiger partial charge on any atom is -0.342 e. The van der Waals surface area contributed by atoms with Gasteiger partial charge in [-0.3, -0.25) is 4.79 Å². The van der Waals surface area contributed by atoms with Crippen LogP contribution in [0.5, 0.6) is 0 Å². The van der Waals surface area contributed by atoms with Gasteiger partial charge in [0.2, 0.25) is 5.91 Å². The summed E-state index contributed by atoms with van der Waals surface area (Å²) in [7, 11) is 0. The highest BCUT2D eigenvalue weighted by atomic mass is 16.2. The Hall–Kier alpha value is -0.610. The van der Waals surface area contributed by atoms with Gasteiger partial charge >= 0.3 is 0 Å². The van der Waals surface area contributed by atoms with Gasteiger partial charge in [0.25, 0.3) is 0 Å². The van der Waals surface area contributed by atoms with Crippen LogP contribution < -0.4 is 10.6 Å². The van der Waals surface area contributed by atoms with E-state index in [1.54, 1.807) is 0 Å². The van der Waals surface area contributed by atoms with Crippen LogP contribution in [-0.4, -0.2) is 49.6 Å². The van der Waals surface area contributed by atoms with E-state index in [4.69, 9.17) is 0 Å². The van der Waals surface area contributed by atoms with Crippen molar-refractivity contribution in [3.63, 3.8) is 0 Å². The molecule has 0 aromatic carbocycles. The molecule has 1 radical (unpaired) electrons. The molecule has 1 aliphatic rings. The van der Waals surface area contributed by atoms with Crippen LogP contribution in [0.1, 0.15) is 26.7 Å². The van der Waals surface area contributed by atoms with Crippen molar-refractivity contribution in [3.05, 3.63) is 0 Å². The van der Waals surface area contributed by atoms with Gasteiger partial charge in [-0.1, -0.05) is 0 Å². The normalized spacial score (nSPS) is 17.7. The molecule has 1 N–H and O–H groups in total. The molecular formula is C11H22N3O. The van der Waals surface area contributed by atoms with Crippen molar-refractivity contribution in [2.24, 2.45) is 0 Å². The number of piperidine rings is 1. The molecular weight excluding hydrogens is 190 g/mol. The Kier molecular flexibility index (Phi) is 5.65. The van der Waals surface area contributed by atoms with E-state index in [-0.39, 0.29) is 5.91 Å². The average Bonchev–Trinajstić information content (AvgIpc) is 2.29. The molecule has 0 atom stereocenters. The number of hydrogen-bond acceptors (Lipinski definition) is 2. The molecule has 0 bridgehead atoms. The molecule has 1 fully saturated rings. The van der Waals surface area contributed by atoms with E-state index in [0.717, 1.165) is 39.0 Å². The monoisotopic (exact) mass is 212 g/mol. The summed E-state index contributed by atoms with van der Waals surface area (Å²) in [6.45, 7) is 8.00. The van der Waals surface area contributed by atoms with E-state index in [0.29, 0.717) is 12.6 Å². The lowest BCUT2D eigenvalue weighted by Gasteiger charge is -2.24. The molecule has 1 saturated heterocycles. The zero-order valence-electron chi connectivity index (χ0n) is 9.83. The Morgan fingerprint density at radius 1 is 1.33 bits per heavy atom. The third kappa shape index (κ3) is 4.18. The van der Waals surface area contributed by atoms with Crippen molar-refractivity contribution in [3.8, 4) is 0 Å². The molecule has 4 nitrogen and oxygen atoms in total. The number of nitrogens with zero attached hydrogens (tertiary/aromatic N) is 2. The first-order valence-electron chi connectivity index (χ1n) is 5.92. The highest BCUT2D eigenvalue weighted by molar-refractivity contribution is 5.78. The topological polar surface area (TPSA) is 46.4 Å². The van der Waals surface area contributed by atoms with Crippen molar-refractivity contribution >= 4 is 5.91 Å². The smallest absolute Gasteiger partial charge is 0.236 e. The van der Waals surface area contributed by atoms with Crippen LogP contribution in [0.2, 0.25) is 0 Å². The molecule has 1 heterocycles. The van der Waals surface area contributed by atoms with Crippen molar-refractivity contribution in [2.75, 3.05) is 32.7 Å². The Labute approximate surface area is 92.4 Å². The summed E-state index contributed by atoms with van der Waals surface area (Å²) in [6, 6.07) is 0.488. The summed E-state index contributed by atoms with van der Waals surface area (Å²) in [5.74, 6) is 0.211. The highest BCUT2D eigenvalue weighted by Gasteiger charge is 2.15. The first kappa shape index (κ1) is 12.5. The zero-order chi connectivity index (χ0) is 11.1. The van der Waals surface area contributed by atoms with Crippen molar-refractivity contribution in [1.82, 2.24) is 15.5 Å². The SMILES string of the molecule is CCN(CC)C(=O)CNC1CC[N]CC1. The number of likely N-dealkylation sites (N-methyl/N-ethyl adjacent to an activating group) is 1. The standard InChI is InChI=1S/C11H22N3O/c1-3-14(4-2)11(15)9-13-10-5-7-12-8-6-10/h10,13H,3-9H2,1-2H3. The van der Waals surface area contributed by atoms with Crippen LogP contribution in [0.3, 0.4) is 0 Å². The third-order valence-corrected chi connectivity index (χ3v) is 2.93. The van der Waals surface area contributed by atoms with Crippen LogP contribution in [-0.2, 0) is 4.79 Å². The summed E-state index contributed by atoms with van der Waals surface area (Å²) in [6.07, 6.45) is 2.15. The number of hydrogen-bond donors (Lipinski definition) is 1. The Bertz CT molecular complexity index is 186. The summed E-state index contributed by atoms with van der Waals surface area (Å²) in [5, 5.41) is 7.61. The second-order valence-corrected chi connectivity index (χ2v) is 3.89. The zero-order valence-corrected chi connectivity index (χ0v) is 9.83. The van der Waals surface area contributed by atoms with Gasteiger partial charge in [0, 0.05) is 32.2 Å². The molecule has 1 aliphatic heterocycles. The van der Waals surface area contributed by atoms with Crippen molar-refractivity contribution in [2.45, 2.75) is 32.7 Å². The molecule has 0 aromatic heterocycles. The quantitative estimate of drug-likeness (QED) is 0.708. The van der Waals surface area contributed by atoms with Gasteiger partial charge in [-0.15, -0.1) is 0 Å². The van der Waals surface area contributed by atoms with Gasteiger partial charge in [0.05, 0.1) is 6.54 Å². The second kappa shape index (κ2) is 6.80. The summed E-state index contributed by atoms with van der Waals surface area (Å²) < 4.78 is 0. The molecule has 0 aromatic rings. The minimum atomic E-state index is 0.211. The minimum absolute atomic E-state index is 0.211. The number of carbonyl (C=O) groups is 1. The number of amides is 1. The predicted octanol–water partition coefficient (Wildman–Crippen LogP) is 0.211. The summed E-state index contributed by atoms with van der Waals surface area (Å²) >= 11 is 0. The molecule has 87 valence electrons. The Balaban J connectivity index is 2.20. The van der Waals surface area contributed by atoms with E-state index in [2.05, 4.69) is 10.6 Å².